The molecule has 2 aromatic heterocycles. The first-order chi connectivity index (χ1) is 13.5. The second-order valence-electron chi connectivity index (χ2n) is 6.92. The Morgan fingerprint density at radius 3 is 2.82 bits per heavy atom. The lowest BCUT2D eigenvalue weighted by Crippen LogP contribution is -2.36. The SMILES string of the molecule is Cc1ccncc1-c1cc2cc(NC(=O)C3CCC3C#N)nnc2c(N)c1F. The number of carbonyl (C=O) groups is 1. The molecule has 7 nitrogen and oxygen atoms in total. The minimum atomic E-state index is -0.582. The van der Waals surface area contributed by atoms with Crippen molar-refractivity contribution < 1.29 is 9.18 Å². The highest BCUT2D eigenvalue weighted by Crippen LogP contribution is 2.36. The summed E-state index contributed by atoms with van der Waals surface area (Å²) in [5.41, 5.74) is 7.86. The molecule has 28 heavy (non-hydrogen) atoms. The fourth-order valence-corrected chi connectivity index (χ4v) is 3.38. The maximum Gasteiger partial charge on any atom is 0.230 e. The largest absolute Gasteiger partial charge is 0.395 e. The van der Waals surface area contributed by atoms with Gasteiger partial charge >= 0.3 is 0 Å². The van der Waals surface area contributed by atoms with E-state index in [-0.39, 0.29) is 34.8 Å². The van der Waals surface area contributed by atoms with Crippen LogP contribution < -0.4 is 11.1 Å². The summed E-state index contributed by atoms with van der Waals surface area (Å²) in [6, 6.07) is 7.14. The van der Waals surface area contributed by atoms with Gasteiger partial charge in [0.05, 0.1) is 23.6 Å². The molecule has 1 aliphatic carbocycles. The van der Waals surface area contributed by atoms with E-state index in [4.69, 9.17) is 11.0 Å². The fraction of sp³-hybridized carbons (Fsp3) is 0.250. The Morgan fingerprint density at radius 2 is 2.14 bits per heavy atom. The number of halogens is 1. The maximum absolute atomic E-state index is 14.8. The number of nitrogens with zero attached hydrogens (tertiary/aromatic N) is 4. The highest BCUT2D eigenvalue weighted by atomic mass is 19.1. The molecule has 1 fully saturated rings. The van der Waals surface area contributed by atoms with Gasteiger partial charge in [0.25, 0.3) is 0 Å². The van der Waals surface area contributed by atoms with E-state index >= 15 is 0 Å². The van der Waals surface area contributed by atoms with Crippen LogP contribution in [0.1, 0.15) is 18.4 Å². The molecule has 2 atom stereocenters. The number of nitrogens with two attached hydrogens (primary N) is 1. The van der Waals surface area contributed by atoms with Crippen molar-refractivity contribution in [3.05, 3.63) is 42.0 Å². The number of anilines is 2. The number of amides is 1. The lowest BCUT2D eigenvalue weighted by Gasteiger charge is -2.29. The molecular weight excluding hydrogens is 359 g/mol. The van der Waals surface area contributed by atoms with Crippen LogP contribution in [0.4, 0.5) is 15.9 Å². The normalized spacial score (nSPS) is 18.3. The summed E-state index contributed by atoms with van der Waals surface area (Å²) in [5.74, 6) is -1.21. The zero-order valence-electron chi connectivity index (χ0n) is 15.1. The molecule has 4 rings (SSSR count). The van der Waals surface area contributed by atoms with Crippen molar-refractivity contribution in [1.29, 1.82) is 5.26 Å². The molecule has 1 amide bonds. The van der Waals surface area contributed by atoms with Gasteiger partial charge in [-0.1, -0.05) is 0 Å². The molecule has 3 aromatic rings. The number of nitrogens with one attached hydrogen (secondary N) is 1. The fourth-order valence-electron chi connectivity index (χ4n) is 3.38. The lowest BCUT2D eigenvalue weighted by atomic mass is 9.74. The average Bonchev–Trinajstić information content (AvgIpc) is 2.64. The number of pyridine rings is 1. The molecule has 0 spiro atoms. The third kappa shape index (κ3) is 2.91. The molecule has 8 heteroatoms. The highest BCUT2D eigenvalue weighted by Gasteiger charge is 2.36. The van der Waals surface area contributed by atoms with Crippen LogP contribution in [-0.2, 0) is 4.79 Å². The maximum atomic E-state index is 14.8. The number of fused-ring (bicyclic) bond motifs is 1. The second-order valence-corrected chi connectivity index (χ2v) is 6.92. The van der Waals surface area contributed by atoms with E-state index in [0.717, 1.165) is 12.0 Å². The first kappa shape index (κ1) is 17.8. The van der Waals surface area contributed by atoms with E-state index in [2.05, 4.69) is 26.6 Å². The summed E-state index contributed by atoms with van der Waals surface area (Å²) in [6.45, 7) is 1.86. The van der Waals surface area contributed by atoms with Gasteiger partial charge in [-0.05, 0) is 43.5 Å². The molecule has 140 valence electrons. The Bertz CT molecular complexity index is 1140. The monoisotopic (exact) mass is 376 g/mol. The third-order valence-corrected chi connectivity index (χ3v) is 5.21. The number of nitrogen functional groups attached to an aromatic ring is 1. The molecule has 0 aliphatic heterocycles. The zero-order chi connectivity index (χ0) is 19.8. The van der Waals surface area contributed by atoms with Gasteiger partial charge in [-0.3, -0.25) is 9.78 Å². The van der Waals surface area contributed by atoms with E-state index in [1.165, 1.54) is 0 Å². The number of hydrogen-bond donors (Lipinski definition) is 2. The molecule has 0 radical (unpaired) electrons. The summed E-state index contributed by atoms with van der Waals surface area (Å²) in [6.07, 6.45) is 4.61. The highest BCUT2D eigenvalue weighted by molar-refractivity contribution is 5.98. The van der Waals surface area contributed by atoms with Crippen molar-refractivity contribution in [2.24, 2.45) is 11.8 Å². The Hall–Kier alpha value is -3.60. The molecule has 2 unspecified atom stereocenters. The van der Waals surface area contributed by atoms with Gasteiger partial charge < -0.3 is 11.1 Å². The Morgan fingerprint density at radius 1 is 1.32 bits per heavy atom. The van der Waals surface area contributed by atoms with Gasteiger partial charge in [0, 0.05) is 28.9 Å². The van der Waals surface area contributed by atoms with Crippen molar-refractivity contribution in [1.82, 2.24) is 15.2 Å². The van der Waals surface area contributed by atoms with Crippen molar-refractivity contribution >= 4 is 28.3 Å². The first-order valence-electron chi connectivity index (χ1n) is 8.86. The van der Waals surface area contributed by atoms with Crippen molar-refractivity contribution in [2.75, 3.05) is 11.1 Å². The number of nitriles is 1. The van der Waals surface area contributed by atoms with Gasteiger partial charge in [0.15, 0.2) is 11.6 Å². The van der Waals surface area contributed by atoms with Crippen LogP contribution in [0.5, 0.6) is 0 Å². The molecule has 0 bridgehead atoms. The number of aromatic nitrogens is 3. The van der Waals surface area contributed by atoms with Crippen LogP contribution in [0.3, 0.4) is 0 Å². The quantitative estimate of drug-likeness (QED) is 0.678. The van der Waals surface area contributed by atoms with Crippen LogP contribution in [0, 0.1) is 35.9 Å². The van der Waals surface area contributed by atoms with Crippen molar-refractivity contribution in [2.45, 2.75) is 19.8 Å². The van der Waals surface area contributed by atoms with Gasteiger partial charge in [-0.25, -0.2) is 4.39 Å². The topological polar surface area (TPSA) is 118 Å². The summed E-state index contributed by atoms with van der Waals surface area (Å²) in [4.78, 5) is 16.4. The summed E-state index contributed by atoms with van der Waals surface area (Å²) in [5, 5.41) is 20.2. The predicted octanol–water partition coefficient (Wildman–Crippen LogP) is 3.21. The van der Waals surface area contributed by atoms with E-state index in [0.29, 0.717) is 22.9 Å². The van der Waals surface area contributed by atoms with E-state index in [1.807, 2.05) is 6.92 Å². The van der Waals surface area contributed by atoms with Crippen LogP contribution >= 0.6 is 0 Å². The van der Waals surface area contributed by atoms with Crippen molar-refractivity contribution in [3.63, 3.8) is 0 Å². The second kappa shape index (κ2) is 6.85. The lowest BCUT2D eigenvalue weighted by molar-refractivity contribution is -0.123. The molecule has 0 saturated heterocycles. The smallest absolute Gasteiger partial charge is 0.230 e. The molecular formula is C20H17FN6O. The number of carbonyl (C=O) groups excluding carboxylic acids is 1. The first-order valence-corrected chi connectivity index (χ1v) is 8.86. The molecule has 2 heterocycles. The minimum absolute atomic E-state index is 0.107. The molecule has 1 aliphatic rings. The number of rotatable bonds is 3. The minimum Gasteiger partial charge on any atom is -0.395 e. The Kier molecular flexibility index (Phi) is 4.35. The Labute approximate surface area is 160 Å². The van der Waals surface area contributed by atoms with Gasteiger partial charge in [-0.2, -0.15) is 5.26 Å². The zero-order valence-corrected chi connectivity index (χ0v) is 15.1. The van der Waals surface area contributed by atoms with Gasteiger partial charge in [0.2, 0.25) is 5.91 Å². The molecule has 1 aromatic carbocycles. The summed E-state index contributed by atoms with van der Waals surface area (Å²) < 4.78 is 14.8. The van der Waals surface area contributed by atoms with Crippen LogP contribution in [0.2, 0.25) is 0 Å². The average molecular weight is 376 g/mol. The van der Waals surface area contributed by atoms with E-state index in [1.54, 1.807) is 30.6 Å². The number of hydrogen-bond acceptors (Lipinski definition) is 6. The van der Waals surface area contributed by atoms with Crippen LogP contribution in [-0.4, -0.2) is 21.1 Å². The standard InChI is InChI=1S/C20H17FN6O/c1-10-4-5-24-9-15(10)14-6-12-7-16(26-27-19(12)18(23)17(14)21)25-20(28)13-3-2-11(13)8-22/h4-7,9,11,13H,2-3,23H2,1H3,(H,25,26,28). The third-order valence-electron chi connectivity index (χ3n) is 5.21. The van der Waals surface area contributed by atoms with Crippen LogP contribution in [0.15, 0.2) is 30.6 Å². The Balaban J connectivity index is 1.73. The van der Waals surface area contributed by atoms with Gasteiger partial charge in [-0.15, -0.1) is 10.2 Å². The summed E-state index contributed by atoms with van der Waals surface area (Å²) >= 11 is 0. The molecule has 1 saturated carbocycles. The van der Waals surface area contributed by atoms with E-state index < -0.39 is 5.82 Å². The van der Waals surface area contributed by atoms with Crippen LogP contribution in [0.25, 0.3) is 22.0 Å². The number of aryl methyl sites for hydroxylation is 1. The predicted molar refractivity (Wildman–Crippen MR) is 102 cm³/mol. The number of benzene rings is 1. The summed E-state index contributed by atoms with van der Waals surface area (Å²) in [7, 11) is 0. The van der Waals surface area contributed by atoms with Crippen molar-refractivity contribution in [3.8, 4) is 17.2 Å². The van der Waals surface area contributed by atoms with E-state index in [9.17, 15) is 9.18 Å². The van der Waals surface area contributed by atoms with Gasteiger partial charge in [0.1, 0.15) is 5.52 Å². The molecule has 3 N–H and O–H groups in total.